The molecule has 1 heterocycles. The lowest BCUT2D eigenvalue weighted by Gasteiger charge is -2.10. The van der Waals surface area contributed by atoms with Crippen LogP contribution in [0.4, 0.5) is 5.69 Å². The molecule has 7 nitrogen and oxygen atoms in total. The summed E-state index contributed by atoms with van der Waals surface area (Å²) in [6.45, 7) is 8.67. The average molecular weight is 518 g/mol. The zero-order valence-electron chi connectivity index (χ0n) is 18.9. The maximum absolute atomic E-state index is 12.4. The van der Waals surface area contributed by atoms with E-state index in [0.29, 0.717) is 46.1 Å². The van der Waals surface area contributed by atoms with E-state index in [1.807, 2.05) is 36.6 Å². The summed E-state index contributed by atoms with van der Waals surface area (Å²) in [6.07, 6.45) is 2.20. The van der Waals surface area contributed by atoms with Crippen molar-refractivity contribution in [1.82, 2.24) is 20.1 Å². The summed E-state index contributed by atoms with van der Waals surface area (Å²) >= 11 is 13.2. The van der Waals surface area contributed by atoms with Crippen LogP contribution in [0.25, 0.3) is 0 Å². The zero-order valence-corrected chi connectivity index (χ0v) is 21.2. The molecule has 0 saturated heterocycles. The van der Waals surface area contributed by atoms with Gasteiger partial charge < -0.3 is 15.2 Å². The van der Waals surface area contributed by atoms with E-state index in [1.165, 1.54) is 23.4 Å². The third-order valence-electron chi connectivity index (χ3n) is 5.04. The van der Waals surface area contributed by atoms with E-state index in [0.717, 1.165) is 11.3 Å². The number of nitrogens with zero attached hydrogens (tertiary/aromatic N) is 3. The lowest BCUT2D eigenvalue weighted by molar-refractivity contribution is -0.113. The Kier molecular flexibility index (Phi) is 9.15. The Morgan fingerprint density at radius 3 is 2.59 bits per heavy atom. The highest BCUT2D eigenvalue weighted by molar-refractivity contribution is 7.99. The summed E-state index contributed by atoms with van der Waals surface area (Å²) in [5, 5.41) is 15.5. The number of halogens is 2. The van der Waals surface area contributed by atoms with Gasteiger partial charge in [-0.15, -0.1) is 16.8 Å². The molecule has 2 aromatic carbocycles. The fourth-order valence-corrected chi connectivity index (χ4v) is 4.16. The smallest absolute Gasteiger partial charge is 0.251 e. The number of hydrogen-bond acceptors (Lipinski definition) is 5. The summed E-state index contributed by atoms with van der Waals surface area (Å²) in [4.78, 5) is 24.8. The van der Waals surface area contributed by atoms with E-state index in [-0.39, 0.29) is 17.6 Å². The first-order valence-corrected chi connectivity index (χ1v) is 12.3. The van der Waals surface area contributed by atoms with Gasteiger partial charge in [-0.25, -0.2) is 0 Å². The second-order valence-corrected chi connectivity index (χ2v) is 9.33. The van der Waals surface area contributed by atoms with Crippen molar-refractivity contribution in [2.45, 2.75) is 32.0 Å². The molecule has 0 saturated carbocycles. The normalized spacial score (nSPS) is 10.7. The largest absolute Gasteiger partial charge is 0.352 e. The van der Waals surface area contributed by atoms with Crippen molar-refractivity contribution >= 4 is 52.5 Å². The topological polar surface area (TPSA) is 88.9 Å². The molecule has 2 amide bonds. The Morgan fingerprint density at radius 2 is 1.88 bits per heavy atom. The minimum absolute atomic E-state index is 0.128. The second-order valence-electron chi connectivity index (χ2n) is 7.57. The molecule has 0 atom stereocenters. The predicted molar refractivity (Wildman–Crippen MR) is 138 cm³/mol. The number of benzene rings is 2. The number of carbonyl (C=O) groups is 2. The number of hydrogen-bond donors (Lipinski definition) is 2. The molecule has 0 aliphatic carbocycles. The average Bonchev–Trinajstić information content (AvgIpc) is 3.18. The summed E-state index contributed by atoms with van der Waals surface area (Å²) < 4.78 is 1.88. The number of carbonyl (C=O) groups excluding carboxylic acids is 2. The third-order valence-corrected chi connectivity index (χ3v) is 6.75. The van der Waals surface area contributed by atoms with Crippen LogP contribution in [0.2, 0.25) is 10.0 Å². The number of amides is 2. The van der Waals surface area contributed by atoms with Gasteiger partial charge in [-0.3, -0.25) is 9.59 Å². The number of aryl methyl sites for hydroxylation is 2. The van der Waals surface area contributed by atoms with Crippen LogP contribution in [0.5, 0.6) is 0 Å². The lowest BCUT2D eigenvalue weighted by Crippen LogP contribution is -2.26. The van der Waals surface area contributed by atoms with E-state index in [4.69, 9.17) is 23.2 Å². The Morgan fingerprint density at radius 1 is 1.09 bits per heavy atom. The van der Waals surface area contributed by atoms with E-state index >= 15 is 0 Å². The highest BCUT2D eigenvalue weighted by Crippen LogP contribution is 2.23. The van der Waals surface area contributed by atoms with Gasteiger partial charge in [-0.2, -0.15) is 0 Å². The SMILES string of the molecule is C=CCn1c(CCNC(=O)c2ccc(Cl)c(Cl)c2)nnc1SCC(=O)Nc1ccc(C)c(C)c1. The molecule has 0 unspecified atom stereocenters. The van der Waals surface area contributed by atoms with E-state index < -0.39 is 0 Å². The van der Waals surface area contributed by atoms with E-state index in [2.05, 4.69) is 27.4 Å². The summed E-state index contributed by atoms with van der Waals surface area (Å²) in [6, 6.07) is 10.5. The molecule has 3 aromatic rings. The minimum Gasteiger partial charge on any atom is -0.352 e. The monoisotopic (exact) mass is 517 g/mol. The van der Waals surface area contributed by atoms with Gasteiger partial charge in [-0.1, -0.05) is 47.1 Å². The molecule has 0 bridgehead atoms. The van der Waals surface area contributed by atoms with Gasteiger partial charge in [0.2, 0.25) is 5.91 Å². The number of rotatable bonds is 10. The van der Waals surface area contributed by atoms with Gasteiger partial charge in [0.1, 0.15) is 5.82 Å². The van der Waals surface area contributed by atoms with E-state index in [1.54, 1.807) is 18.2 Å². The van der Waals surface area contributed by atoms with Crippen molar-refractivity contribution in [3.05, 3.63) is 81.6 Å². The summed E-state index contributed by atoms with van der Waals surface area (Å²) in [5.74, 6) is 0.491. The van der Waals surface area contributed by atoms with Gasteiger partial charge in [0.25, 0.3) is 5.91 Å². The van der Waals surface area contributed by atoms with Crippen molar-refractivity contribution in [3.8, 4) is 0 Å². The van der Waals surface area contributed by atoms with Gasteiger partial charge in [-0.05, 0) is 55.3 Å². The van der Waals surface area contributed by atoms with Crippen LogP contribution in [0.3, 0.4) is 0 Å². The van der Waals surface area contributed by atoms with Crippen LogP contribution >= 0.6 is 35.0 Å². The Bertz CT molecular complexity index is 1210. The maximum atomic E-state index is 12.4. The fraction of sp³-hybridized carbons (Fsp3) is 0.250. The molecular formula is C24H25Cl2N5O2S. The van der Waals surface area contributed by atoms with E-state index in [9.17, 15) is 9.59 Å². The predicted octanol–water partition coefficient (Wildman–Crippen LogP) is 5.09. The van der Waals surface area contributed by atoms with Crippen LogP contribution in [0.1, 0.15) is 27.3 Å². The first kappa shape index (κ1) is 25.8. The molecule has 10 heteroatoms. The van der Waals surface area contributed by atoms with Crippen LogP contribution < -0.4 is 10.6 Å². The van der Waals surface area contributed by atoms with Crippen molar-refractivity contribution in [2.24, 2.45) is 0 Å². The zero-order chi connectivity index (χ0) is 24.7. The number of allylic oxidation sites excluding steroid dienone is 1. The van der Waals surface area contributed by atoms with Crippen LogP contribution in [0, 0.1) is 13.8 Å². The van der Waals surface area contributed by atoms with Gasteiger partial charge >= 0.3 is 0 Å². The highest BCUT2D eigenvalue weighted by atomic mass is 35.5. The van der Waals surface area contributed by atoms with Crippen molar-refractivity contribution in [2.75, 3.05) is 17.6 Å². The molecule has 34 heavy (non-hydrogen) atoms. The number of aromatic nitrogens is 3. The van der Waals surface area contributed by atoms with Crippen molar-refractivity contribution < 1.29 is 9.59 Å². The minimum atomic E-state index is -0.258. The second kappa shape index (κ2) is 12.1. The molecule has 0 spiro atoms. The molecule has 1 aromatic heterocycles. The Balaban J connectivity index is 1.56. The molecule has 0 fully saturated rings. The number of thioether (sulfide) groups is 1. The molecule has 3 rings (SSSR count). The van der Waals surface area contributed by atoms with Crippen LogP contribution in [-0.4, -0.2) is 38.9 Å². The molecule has 2 N–H and O–H groups in total. The third kappa shape index (κ3) is 6.85. The molecule has 0 aliphatic heterocycles. The first-order chi connectivity index (χ1) is 16.3. The van der Waals surface area contributed by atoms with Crippen molar-refractivity contribution in [3.63, 3.8) is 0 Å². The highest BCUT2D eigenvalue weighted by Gasteiger charge is 2.15. The number of anilines is 1. The first-order valence-electron chi connectivity index (χ1n) is 10.5. The van der Waals surface area contributed by atoms with Gasteiger partial charge in [0.05, 0.1) is 15.8 Å². The fourth-order valence-electron chi connectivity index (χ4n) is 3.10. The lowest BCUT2D eigenvalue weighted by atomic mass is 10.1. The van der Waals surface area contributed by atoms with Crippen LogP contribution in [0.15, 0.2) is 54.2 Å². The van der Waals surface area contributed by atoms with Gasteiger partial charge in [0, 0.05) is 30.8 Å². The van der Waals surface area contributed by atoms with Crippen LogP contribution in [-0.2, 0) is 17.8 Å². The standard InChI is InChI=1S/C24H25Cl2N5O2S/c1-4-11-31-21(9-10-27-23(33)17-6-8-19(25)20(26)13-17)29-30-24(31)34-14-22(32)28-18-7-5-15(2)16(3)12-18/h4-8,12-13H,1,9-11,14H2,2-3H3,(H,27,33)(H,28,32). The maximum Gasteiger partial charge on any atom is 0.251 e. The summed E-state index contributed by atoms with van der Waals surface area (Å²) in [5.41, 5.74) is 3.48. The molecule has 178 valence electrons. The Hall–Kier alpha value is -2.81. The molecule has 0 aliphatic rings. The Labute approximate surface area is 212 Å². The number of nitrogens with one attached hydrogen (secondary N) is 2. The van der Waals surface area contributed by atoms with Crippen molar-refractivity contribution in [1.29, 1.82) is 0 Å². The quantitative estimate of drug-likeness (QED) is 0.288. The molecular weight excluding hydrogens is 493 g/mol. The molecule has 0 radical (unpaired) electrons. The van der Waals surface area contributed by atoms with Gasteiger partial charge in [0.15, 0.2) is 5.16 Å². The summed E-state index contributed by atoms with van der Waals surface area (Å²) in [7, 11) is 0.